The number of ether oxygens (including phenoxy) is 1. The van der Waals surface area contributed by atoms with E-state index in [1.54, 1.807) is 0 Å². The zero-order valence-corrected chi connectivity index (χ0v) is 29.3. The predicted octanol–water partition coefficient (Wildman–Crippen LogP) is 13.3. The summed E-state index contributed by atoms with van der Waals surface area (Å²) in [5, 5.41) is 8.80. The lowest BCUT2D eigenvalue weighted by atomic mass is 10.0. The summed E-state index contributed by atoms with van der Waals surface area (Å²) < 4.78 is 5.99. The molecule has 1 atom stereocenters. The van der Waals surface area contributed by atoms with Gasteiger partial charge in [-0.25, -0.2) is 0 Å². The van der Waals surface area contributed by atoms with E-state index in [4.69, 9.17) is 9.84 Å². The summed E-state index contributed by atoms with van der Waals surface area (Å²) in [6.07, 6.45) is 41.2. The number of unbranched alkanes of at least 4 members (excludes halogenated alkanes) is 27. The second-order valence-corrected chi connectivity index (χ2v) is 13.5. The van der Waals surface area contributed by atoms with Crippen LogP contribution in [0.4, 0.5) is 0 Å². The van der Waals surface area contributed by atoms with Gasteiger partial charge in [-0.2, -0.15) is 0 Å². The fourth-order valence-corrected chi connectivity index (χ4v) is 6.19. The van der Waals surface area contributed by atoms with E-state index in [0.717, 1.165) is 64.2 Å². The van der Waals surface area contributed by atoms with Gasteiger partial charge in [0.05, 0.1) is 0 Å². The van der Waals surface area contributed by atoms with E-state index in [2.05, 4.69) is 13.8 Å². The summed E-state index contributed by atoms with van der Waals surface area (Å²) in [4.78, 5) is 23.3. The third-order valence-electron chi connectivity index (χ3n) is 9.08. The fourth-order valence-electron chi connectivity index (χ4n) is 6.19. The van der Waals surface area contributed by atoms with Gasteiger partial charge in [0.15, 0.2) is 0 Å². The molecule has 0 aromatic rings. The van der Waals surface area contributed by atoms with Crippen molar-refractivity contribution in [2.75, 3.05) is 0 Å². The molecular weight excluding hydrogens is 532 g/mol. The minimum atomic E-state index is -0.697. The van der Waals surface area contributed by atoms with Crippen LogP contribution in [0.25, 0.3) is 0 Å². The van der Waals surface area contributed by atoms with Crippen LogP contribution in [-0.2, 0) is 14.3 Å². The third-order valence-corrected chi connectivity index (χ3v) is 9.08. The number of carbonyl (C=O) groups excluding carboxylic acids is 1. The molecule has 0 radical (unpaired) electrons. The topological polar surface area (TPSA) is 63.6 Å². The molecule has 1 unspecified atom stereocenters. The zero-order valence-electron chi connectivity index (χ0n) is 29.3. The van der Waals surface area contributed by atoms with Crippen LogP contribution in [0.3, 0.4) is 0 Å². The van der Waals surface area contributed by atoms with Crippen molar-refractivity contribution in [3.8, 4) is 0 Å². The lowest BCUT2D eigenvalue weighted by Crippen LogP contribution is -2.18. The molecule has 4 nitrogen and oxygen atoms in total. The van der Waals surface area contributed by atoms with Crippen LogP contribution in [0, 0.1) is 0 Å². The quantitative estimate of drug-likeness (QED) is 0.0567. The van der Waals surface area contributed by atoms with Crippen molar-refractivity contribution in [2.24, 2.45) is 0 Å². The number of hydrogen-bond donors (Lipinski definition) is 1. The molecule has 0 aromatic carbocycles. The van der Waals surface area contributed by atoms with Crippen molar-refractivity contribution in [3.05, 3.63) is 0 Å². The number of aliphatic carboxylic acids is 1. The second kappa shape index (κ2) is 35.4. The highest BCUT2D eigenvalue weighted by molar-refractivity contribution is 5.69. The van der Waals surface area contributed by atoms with E-state index >= 15 is 0 Å². The monoisotopic (exact) mass is 609 g/mol. The van der Waals surface area contributed by atoms with Gasteiger partial charge in [-0.15, -0.1) is 0 Å². The standard InChI is InChI=1S/C39H76O4/c1-3-5-7-9-11-13-14-15-16-17-18-19-21-23-28-32-36-39(42)43-37(34-30-26-24-27-31-35-38(40)41)33-29-25-22-20-12-10-8-6-4-2/h37H,3-36H2,1-2H3,(H,40,41). The third kappa shape index (κ3) is 35.3. The van der Waals surface area contributed by atoms with Gasteiger partial charge in [0, 0.05) is 12.8 Å². The van der Waals surface area contributed by atoms with E-state index in [1.807, 2.05) is 0 Å². The van der Waals surface area contributed by atoms with E-state index in [1.165, 1.54) is 141 Å². The largest absolute Gasteiger partial charge is 0.481 e. The first-order valence-corrected chi connectivity index (χ1v) is 19.5. The number of carbonyl (C=O) groups is 2. The van der Waals surface area contributed by atoms with Gasteiger partial charge in [0.25, 0.3) is 0 Å². The highest BCUT2D eigenvalue weighted by Crippen LogP contribution is 2.19. The lowest BCUT2D eigenvalue weighted by Gasteiger charge is -2.18. The molecule has 0 saturated heterocycles. The van der Waals surface area contributed by atoms with Gasteiger partial charge in [-0.1, -0.05) is 181 Å². The van der Waals surface area contributed by atoms with Crippen molar-refractivity contribution in [1.29, 1.82) is 0 Å². The molecule has 0 aliphatic rings. The maximum absolute atomic E-state index is 12.6. The van der Waals surface area contributed by atoms with Gasteiger partial charge in [-0.05, 0) is 38.5 Å². The van der Waals surface area contributed by atoms with Crippen LogP contribution in [0.5, 0.6) is 0 Å². The number of esters is 1. The van der Waals surface area contributed by atoms with Crippen molar-refractivity contribution in [2.45, 2.75) is 238 Å². The van der Waals surface area contributed by atoms with Gasteiger partial charge in [0.1, 0.15) is 6.10 Å². The Morgan fingerprint density at radius 3 is 1.02 bits per heavy atom. The van der Waals surface area contributed by atoms with Crippen LogP contribution >= 0.6 is 0 Å². The first-order chi connectivity index (χ1) is 21.1. The Morgan fingerprint density at radius 2 is 0.698 bits per heavy atom. The summed E-state index contributed by atoms with van der Waals surface area (Å²) in [7, 11) is 0. The van der Waals surface area contributed by atoms with Crippen LogP contribution < -0.4 is 0 Å². The predicted molar refractivity (Wildman–Crippen MR) is 186 cm³/mol. The summed E-state index contributed by atoms with van der Waals surface area (Å²) >= 11 is 0. The van der Waals surface area contributed by atoms with Crippen LogP contribution in [0.2, 0.25) is 0 Å². The minimum absolute atomic E-state index is 0.00717. The molecule has 0 fully saturated rings. The molecule has 0 bridgehead atoms. The Balaban J connectivity index is 3.91. The maximum atomic E-state index is 12.6. The number of carboxylic acids is 1. The molecule has 0 aromatic heterocycles. The Kier molecular flexibility index (Phi) is 34.5. The molecule has 4 heteroatoms. The van der Waals surface area contributed by atoms with Crippen molar-refractivity contribution >= 4 is 11.9 Å². The first-order valence-electron chi connectivity index (χ1n) is 19.5. The molecule has 0 heterocycles. The van der Waals surface area contributed by atoms with Crippen LogP contribution in [0.15, 0.2) is 0 Å². The molecule has 0 aliphatic heterocycles. The molecule has 0 spiro atoms. The van der Waals surface area contributed by atoms with Gasteiger partial charge in [-0.3, -0.25) is 9.59 Å². The highest BCUT2D eigenvalue weighted by atomic mass is 16.5. The molecule has 0 aliphatic carbocycles. The first kappa shape index (κ1) is 41.9. The van der Waals surface area contributed by atoms with Gasteiger partial charge >= 0.3 is 11.9 Å². The SMILES string of the molecule is CCCCCCCCCCCCCCCCCCC(=O)OC(CCCCCCCCCCC)CCCCCCCC(=O)O. The Labute approximate surface area is 269 Å². The average molecular weight is 609 g/mol. The molecule has 0 rings (SSSR count). The highest BCUT2D eigenvalue weighted by Gasteiger charge is 2.14. The zero-order chi connectivity index (χ0) is 31.5. The van der Waals surface area contributed by atoms with Crippen molar-refractivity contribution in [3.63, 3.8) is 0 Å². The maximum Gasteiger partial charge on any atom is 0.306 e. The van der Waals surface area contributed by atoms with Gasteiger partial charge in [0.2, 0.25) is 0 Å². The van der Waals surface area contributed by atoms with Crippen LogP contribution in [0.1, 0.15) is 232 Å². The normalized spacial score (nSPS) is 12.0. The van der Waals surface area contributed by atoms with Crippen LogP contribution in [-0.4, -0.2) is 23.1 Å². The lowest BCUT2D eigenvalue weighted by molar-refractivity contribution is -0.150. The molecule has 256 valence electrons. The van der Waals surface area contributed by atoms with Crippen molar-refractivity contribution < 1.29 is 19.4 Å². The Hall–Kier alpha value is -1.06. The van der Waals surface area contributed by atoms with Crippen molar-refractivity contribution in [1.82, 2.24) is 0 Å². The van der Waals surface area contributed by atoms with E-state index < -0.39 is 5.97 Å². The number of carboxylic acid groups (broad SMARTS) is 1. The Bertz CT molecular complexity index is 576. The second-order valence-electron chi connectivity index (χ2n) is 13.5. The van der Waals surface area contributed by atoms with E-state index in [0.29, 0.717) is 6.42 Å². The minimum Gasteiger partial charge on any atom is -0.481 e. The Morgan fingerprint density at radius 1 is 0.419 bits per heavy atom. The summed E-state index contributed by atoms with van der Waals surface area (Å²) in [5.74, 6) is -0.690. The summed E-state index contributed by atoms with van der Waals surface area (Å²) in [5.41, 5.74) is 0. The molecule has 43 heavy (non-hydrogen) atoms. The summed E-state index contributed by atoms with van der Waals surface area (Å²) in [6, 6.07) is 0. The van der Waals surface area contributed by atoms with E-state index in [9.17, 15) is 9.59 Å². The molecule has 0 saturated carbocycles. The number of rotatable bonds is 36. The molecule has 1 N–H and O–H groups in total. The molecule has 0 amide bonds. The van der Waals surface area contributed by atoms with E-state index in [-0.39, 0.29) is 18.5 Å². The smallest absolute Gasteiger partial charge is 0.306 e. The fraction of sp³-hybridized carbons (Fsp3) is 0.949. The van der Waals surface area contributed by atoms with Gasteiger partial charge < -0.3 is 9.84 Å². The molecular formula is C39H76O4. The average Bonchev–Trinajstić information content (AvgIpc) is 2.99. The number of hydrogen-bond acceptors (Lipinski definition) is 3. The summed E-state index contributed by atoms with van der Waals surface area (Å²) in [6.45, 7) is 4.55.